The van der Waals surface area contributed by atoms with Crippen LogP contribution in [0.2, 0.25) is 0 Å². The quantitative estimate of drug-likeness (QED) is 0.779. The van der Waals surface area contributed by atoms with Crippen LogP contribution in [0.1, 0.15) is 23.7 Å². The highest BCUT2D eigenvalue weighted by molar-refractivity contribution is 5.90. The van der Waals surface area contributed by atoms with Gasteiger partial charge in [0.2, 0.25) is 0 Å². The van der Waals surface area contributed by atoms with E-state index < -0.39 is 0 Å². The van der Waals surface area contributed by atoms with Gasteiger partial charge >= 0.3 is 0 Å². The van der Waals surface area contributed by atoms with Crippen molar-refractivity contribution < 1.29 is 14.3 Å². The van der Waals surface area contributed by atoms with Crippen LogP contribution in [-0.4, -0.2) is 12.9 Å². The third kappa shape index (κ3) is 2.45. The summed E-state index contributed by atoms with van der Waals surface area (Å²) in [7, 11) is 1.46. The Kier molecular flexibility index (Phi) is 3.10. The normalized spacial score (nSPS) is 18.9. The summed E-state index contributed by atoms with van der Waals surface area (Å²) in [6.45, 7) is 0. The number of methoxy groups -OCH3 is 1. The Bertz CT molecular complexity index is 496. The largest absolute Gasteiger partial charge is 0.469 e. The van der Waals surface area contributed by atoms with Gasteiger partial charge in [-0.05, 0) is 17.7 Å². The summed E-state index contributed by atoms with van der Waals surface area (Å²) < 4.78 is 10.4. The van der Waals surface area contributed by atoms with Crippen molar-refractivity contribution in [3.05, 3.63) is 47.4 Å². The van der Waals surface area contributed by atoms with Gasteiger partial charge in [-0.2, -0.15) is 5.26 Å². The van der Waals surface area contributed by atoms with Crippen LogP contribution in [0.4, 0.5) is 0 Å². The van der Waals surface area contributed by atoms with Gasteiger partial charge in [-0.3, -0.25) is 4.79 Å². The first-order valence-corrected chi connectivity index (χ1v) is 5.18. The third-order valence-corrected chi connectivity index (χ3v) is 2.54. The maximum absolute atomic E-state index is 11.5. The van der Waals surface area contributed by atoms with Gasteiger partial charge in [0, 0.05) is 0 Å². The van der Waals surface area contributed by atoms with Gasteiger partial charge in [0.1, 0.15) is 6.10 Å². The van der Waals surface area contributed by atoms with Gasteiger partial charge < -0.3 is 9.47 Å². The van der Waals surface area contributed by atoms with Gasteiger partial charge in [0.25, 0.3) is 5.95 Å². The molecule has 17 heavy (non-hydrogen) atoms. The fourth-order valence-electron chi connectivity index (χ4n) is 1.65. The van der Waals surface area contributed by atoms with E-state index in [1.807, 2.05) is 6.07 Å². The summed E-state index contributed by atoms with van der Waals surface area (Å²) in [6, 6.07) is 9.02. The second kappa shape index (κ2) is 4.71. The Hall–Kier alpha value is -2.28. The number of hydrogen-bond acceptors (Lipinski definition) is 4. The van der Waals surface area contributed by atoms with E-state index in [-0.39, 0.29) is 17.8 Å². The maximum Gasteiger partial charge on any atom is 0.283 e. The van der Waals surface area contributed by atoms with E-state index in [1.165, 1.54) is 13.2 Å². The zero-order valence-corrected chi connectivity index (χ0v) is 9.34. The molecule has 0 saturated heterocycles. The van der Waals surface area contributed by atoms with Crippen LogP contribution in [0.5, 0.6) is 0 Å². The Morgan fingerprint density at radius 1 is 1.41 bits per heavy atom. The van der Waals surface area contributed by atoms with Crippen molar-refractivity contribution in [3.8, 4) is 6.07 Å². The molecule has 0 saturated carbocycles. The van der Waals surface area contributed by atoms with E-state index >= 15 is 0 Å². The molecule has 0 spiro atoms. The highest BCUT2D eigenvalue weighted by Gasteiger charge is 2.23. The smallest absolute Gasteiger partial charge is 0.283 e. The number of benzene rings is 1. The van der Waals surface area contributed by atoms with E-state index in [1.54, 1.807) is 24.3 Å². The molecule has 0 N–H and O–H groups in total. The fraction of sp³-hybridized carbons (Fsp3) is 0.231. The Morgan fingerprint density at radius 3 is 2.71 bits per heavy atom. The Labute approximate surface area is 99.1 Å². The molecule has 0 aromatic heterocycles. The summed E-state index contributed by atoms with van der Waals surface area (Å²) in [5, 5.41) is 8.70. The monoisotopic (exact) mass is 229 g/mol. The SMILES string of the molecule is COC1=CC(=O)CC(c2ccc(C#N)cc2)O1. The molecule has 0 amide bonds. The lowest BCUT2D eigenvalue weighted by atomic mass is 10.0. The molecule has 1 heterocycles. The first-order valence-electron chi connectivity index (χ1n) is 5.18. The van der Waals surface area contributed by atoms with Gasteiger partial charge in [0.05, 0.1) is 31.2 Å². The molecule has 2 rings (SSSR count). The minimum Gasteiger partial charge on any atom is -0.469 e. The van der Waals surface area contributed by atoms with Crippen LogP contribution in [0.15, 0.2) is 36.3 Å². The third-order valence-electron chi connectivity index (χ3n) is 2.54. The summed E-state index contributed by atoms with van der Waals surface area (Å²) >= 11 is 0. The number of ketones is 1. The summed E-state index contributed by atoms with van der Waals surface area (Å²) in [6.07, 6.45) is 1.30. The van der Waals surface area contributed by atoms with Crippen molar-refractivity contribution in [3.63, 3.8) is 0 Å². The van der Waals surface area contributed by atoms with E-state index in [0.29, 0.717) is 12.0 Å². The highest BCUT2D eigenvalue weighted by atomic mass is 16.7. The lowest BCUT2D eigenvalue weighted by Gasteiger charge is -2.22. The van der Waals surface area contributed by atoms with Crippen molar-refractivity contribution in [2.75, 3.05) is 7.11 Å². The van der Waals surface area contributed by atoms with E-state index in [9.17, 15) is 4.79 Å². The van der Waals surface area contributed by atoms with Crippen molar-refractivity contribution in [2.24, 2.45) is 0 Å². The molecular weight excluding hydrogens is 218 g/mol. The predicted molar refractivity (Wildman–Crippen MR) is 59.7 cm³/mol. The molecule has 4 heteroatoms. The molecule has 1 aromatic rings. The average molecular weight is 229 g/mol. The standard InChI is InChI=1S/C13H11NO3/c1-16-13-7-11(15)6-12(17-13)10-4-2-9(8-14)3-5-10/h2-5,7,12H,6H2,1H3. The van der Waals surface area contributed by atoms with Crippen LogP contribution < -0.4 is 0 Å². The molecule has 0 bridgehead atoms. The minimum atomic E-state index is -0.338. The number of nitrogens with zero attached hydrogens (tertiary/aromatic N) is 1. The summed E-state index contributed by atoms with van der Waals surface area (Å²) in [5.41, 5.74) is 1.44. The highest BCUT2D eigenvalue weighted by Crippen LogP contribution is 2.28. The number of rotatable bonds is 2. The first-order chi connectivity index (χ1) is 8.22. The molecule has 1 atom stereocenters. The van der Waals surface area contributed by atoms with Gasteiger partial charge in [0.15, 0.2) is 5.78 Å². The number of ether oxygens (including phenoxy) is 2. The molecule has 0 radical (unpaired) electrons. The Balaban J connectivity index is 2.21. The van der Waals surface area contributed by atoms with E-state index in [4.69, 9.17) is 14.7 Å². The lowest BCUT2D eigenvalue weighted by molar-refractivity contribution is -0.121. The first kappa shape index (κ1) is 11.2. The van der Waals surface area contributed by atoms with Crippen molar-refractivity contribution in [2.45, 2.75) is 12.5 Å². The number of allylic oxidation sites excluding steroid dienone is 1. The molecule has 1 unspecified atom stereocenters. The van der Waals surface area contributed by atoms with Crippen LogP contribution >= 0.6 is 0 Å². The van der Waals surface area contributed by atoms with Crippen LogP contribution in [0, 0.1) is 11.3 Å². The molecule has 1 aliphatic rings. The van der Waals surface area contributed by atoms with Crippen molar-refractivity contribution in [1.29, 1.82) is 5.26 Å². The van der Waals surface area contributed by atoms with Crippen LogP contribution in [-0.2, 0) is 14.3 Å². The second-order valence-electron chi connectivity index (χ2n) is 3.68. The number of carbonyl (C=O) groups is 1. The van der Waals surface area contributed by atoms with E-state index in [2.05, 4.69) is 0 Å². The molecule has 0 aliphatic carbocycles. The molecular formula is C13H11NO3. The Morgan fingerprint density at radius 2 is 2.12 bits per heavy atom. The minimum absolute atomic E-state index is 0.0255. The van der Waals surface area contributed by atoms with Gasteiger partial charge in [-0.1, -0.05) is 12.1 Å². The van der Waals surface area contributed by atoms with Crippen LogP contribution in [0.3, 0.4) is 0 Å². The van der Waals surface area contributed by atoms with Gasteiger partial charge in [-0.25, -0.2) is 0 Å². The van der Waals surface area contributed by atoms with Crippen LogP contribution in [0.25, 0.3) is 0 Å². The lowest BCUT2D eigenvalue weighted by Crippen LogP contribution is -2.16. The fourth-order valence-corrected chi connectivity index (χ4v) is 1.65. The molecule has 4 nitrogen and oxygen atoms in total. The average Bonchev–Trinajstić information content (AvgIpc) is 2.38. The number of hydrogen-bond donors (Lipinski definition) is 0. The summed E-state index contributed by atoms with van der Waals surface area (Å²) in [4.78, 5) is 11.5. The van der Waals surface area contributed by atoms with Gasteiger partial charge in [-0.15, -0.1) is 0 Å². The van der Waals surface area contributed by atoms with E-state index in [0.717, 1.165) is 5.56 Å². The molecule has 1 aliphatic heterocycles. The predicted octanol–water partition coefficient (Wildman–Crippen LogP) is 2.08. The van der Waals surface area contributed by atoms with Crippen molar-refractivity contribution >= 4 is 5.78 Å². The van der Waals surface area contributed by atoms with Crippen molar-refractivity contribution in [1.82, 2.24) is 0 Å². The zero-order valence-electron chi connectivity index (χ0n) is 9.34. The number of nitriles is 1. The topological polar surface area (TPSA) is 59.3 Å². The number of carbonyl (C=O) groups excluding carboxylic acids is 1. The summed E-state index contributed by atoms with van der Waals surface area (Å²) in [5.74, 6) is 0.207. The molecule has 86 valence electrons. The molecule has 1 aromatic carbocycles. The second-order valence-corrected chi connectivity index (χ2v) is 3.68. The molecule has 0 fully saturated rings. The maximum atomic E-state index is 11.5. The zero-order chi connectivity index (χ0) is 12.3.